The van der Waals surface area contributed by atoms with Crippen LogP contribution in [0.15, 0.2) is 24.3 Å². The molecule has 110 valence electrons. The Hall–Kier alpha value is -2.11. The van der Waals surface area contributed by atoms with Gasteiger partial charge in [0.05, 0.1) is 0 Å². The topological polar surface area (TPSA) is 69.6 Å². The minimum atomic E-state index is -1.07. The van der Waals surface area contributed by atoms with Gasteiger partial charge in [0.2, 0.25) is 0 Å². The van der Waals surface area contributed by atoms with Gasteiger partial charge in [-0.2, -0.15) is 0 Å². The van der Waals surface area contributed by atoms with Gasteiger partial charge in [0.25, 0.3) is 0 Å². The molecule has 1 atom stereocenters. The Bertz CT molecular complexity index is 479. The molecule has 0 spiro atoms. The van der Waals surface area contributed by atoms with E-state index >= 15 is 0 Å². The third-order valence-electron chi connectivity index (χ3n) is 2.85. The van der Waals surface area contributed by atoms with Gasteiger partial charge in [-0.1, -0.05) is 19.4 Å². The molecular weight excluding hydrogens is 263 g/mol. The summed E-state index contributed by atoms with van der Waals surface area (Å²) in [6, 6.07) is 4.14. The number of hydrogen-bond donors (Lipinski definition) is 2. The van der Waals surface area contributed by atoms with Gasteiger partial charge in [-0.3, -0.25) is 4.90 Å². The fraction of sp³-hybridized carbons (Fsp3) is 0.429. The minimum Gasteiger partial charge on any atom is -0.480 e. The summed E-state index contributed by atoms with van der Waals surface area (Å²) in [5, 5.41) is 11.5. The summed E-state index contributed by atoms with van der Waals surface area (Å²) in [6.45, 7) is 3.89. The first-order valence-corrected chi connectivity index (χ1v) is 6.56. The number of carboxylic acid groups (broad SMARTS) is 1. The molecule has 2 amide bonds. The van der Waals surface area contributed by atoms with Crippen LogP contribution < -0.4 is 10.2 Å². The normalized spacial score (nSPS) is 11.8. The van der Waals surface area contributed by atoms with Crippen LogP contribution in [0.5, 0.6) is 0 Å². The Balaban J connectivity index is 2.84. The highest BCUT2D eigenvalue weighted by Crippen LogP contribution is 2.15. The Morgan fingerprint density at radius 3 is 2.60 bits per heavy atom. The summed E-state index contributed by atoms with van der Waals surface area (Å²) in [5.74, 6) is -1.52. The first-order chi connectivity index (χ1) is 9.49. The summed E-state index contributed by atoms with van der Waals surface area (Å²) >= 11 is 0. The zero-order valence-corrected chi connectivity index (χ0v) is 11.6. The van der Waals surface area contributed by atoms with Crippen molar-refractivity contribution in [2.75, 3.05) is 11.4 Å². The maximum atomic E-state index is 13.2. The van der Waals surface area contributed by atoms with Gasteiger partial charge in [-0.05, 0) is 31.5 Å². The quantitative estimate of drug-likeness (QED) is 0.842. The van der Waals surface area contributed by atoms with E-state index in [1.165, 1.54) is 23.1 Å². The lowest BCUT2D eigenvalue weighted by Crippen LogP contribution is -2.48. The highest BCUT2D eigenvalue weighted by molar-refractivity contribution is 5.94. The van der Waals surface area contributed by atoms with Gasteiger partial charge in [-0.25, -0.2) is 14.0 Å². The van der Waals surface area contributed by atoms with E-state index in [2.05, 4.69) is 5.32 Å². The molecule has 1 aromatic carbocycles. The van der Waals surface area contributed by atoms with Crippen molar-refractivity contribution in [1.29, 1.82) is 0 Å². The van der Waals surface area contributed by atoms with Crippen molar-refractivity contribution < 1.29 is 19.1 Å². The molecule has 0 fully saturated rings. The molecule has 0 aliphatic heterocycles. The number of carbonyl (C=O) groups is 2. The lowest BCUT2D eigenvalue weighted by molar-refractivity contribution is -0.139. The third-order valence-corrected chi connectivity index (χ3v) is 2.85. The van der Waals surface area contributed by atoms with E-state index in [9.17, 15) is 14.0 Å². The number of benzene rings is 1. The van der Waals surface area contributed by atoms with Gasteiger partial charge in [0.15, 0.2) is 0 Å². The van der Waals surface area contributed by atoms with Gasteiger partial charge in [0.1, 0.15) is 11.9 Å². The third kappa shape index (κ3) is 4.22. The van der Waals surface area contributed by atoms with Crippen LogP contribution in [0.2, 0.25) is 0 Å². The van der Waals surface area contributed by atoms with Crippen molar-refractivity contribution >= 4 is 17.7 Å². The number of nitrogens with one attached hydrogen (secondary N) is 1. The largest absolute Gasteiger partial charge is 0.480 e. The summed E-state index contributed by atoms with van der Waals surface area (Å²) in [4.78, 5) is 24.4. The number of hydrogen-bond acceptors (Lipinski definition) is 2. The number of rotatable bonds is 6. The molecule has 0 heterocycles. The summed E-state index contributed by atoms with van der Waals surface area (Å²) in [6.07, 6.45) is 0.991. The molecule has 0 radical (unpaired) electrons. The molecule has 0 saturated carbocycles. The zero-order valence-electron chi connectivity index (χ0n) is 11.6. The van der Waals surface area contributed by atoms with Crippen LogP contribution in [-0.2, 0) is 4.79 Å². The van der Waals surface area contributed by atoms with E-state index in [1.54, 1.807) is 13.0 Å². The van der Waals surface area contributed by atoms with Crippen LogP contribution in [0.3, 0.4) is 0 Å². The summed E-state index contributed by atoms with van der Waals surface area (Å²) < 4.78 is 13.2. The van der Waals surface area contributed by atoms with Crippen LogP contribution in [0.25, 0.3) is 0 Å². The van der Waals surface area contributed by atoms with Crippen molar-refractivity contribution in [2.45, 2.75) is 32.7 Å². The van der Waals surface area contributed by atoms with Crippen molar-refractivity contribution in [3.63, 3.8) is 0 Å². The van der Waals surface area contributed by atoms with Crippen LogP contribution in [0, 0.1) is 5.82 Å². The number of carbonyl (C=O) groups excluding carboxylic acids is 1. The molecule has 0 unspecified atom stereocenters. The molecule has 1 aromatic rings. The molecule has 6 heteroatoms. The highest BCUT2D eigenvalue weighted by Gasteiger charge is 2.22. The smallest absolute Gasteiger partial charge is 0.326 e. The van der Waals surface area contributed by atoms with E-state index in [0.29, 0.717) is 25.1 Å². The van der Waals surface area contributed by atoms with Crippen molar-refractivity contribution in [2.24, 2.45) is 0 Å². The van der Waals surface area contributed by atoms with Crippen molar-refractivity contribution in [3.05, 3.63) is 30.1 Å². The Morgan fingerprint density at radius 2 is 2.10 bits per heavy atom. The zero-order chi connectivity index (χ0) is 15.1. The van der Waals surface area contributed by atoms with Crippen LogP contribution >= 0.6 is 0 Å². The van der Waals surface area contributed by atoms with Gasteiger partial charge >= 0.3 is 12.0 Å². The molecule has 0 saturated heterocycles. The van der Waals surface area contributed by atoms with Gasteiger partial charge in [-0.15, -0.1) is 0 Å². The van der Waals surface area contributed by atoms with Crippen LogP contribution in [0.1, 0.15) is 26.7 Å². The van der Waals surface area contributed by atoms with Gasteiger partial charge < -0.3 is 10.4 Å². The van der Waals surface area contributed by atoms with Crippen molar-refractivity contribution in [3.8, 4) is 0 Å². The predicted octanol–water partition coefficient (Wildman–Crippen LogP) is 2.61. The second kappa shape index (κ2) is 7.47. The van der Waals surface area contributed by atoms with Crippen LogP contribution in [-0.4, -0.2) is 29.7 Å². The standard InChI is InChI=1S/C14H19FN2O3/c1-3-6-12(13(18)19)16-14(20)17(4-2)11-8-5-7-10(15)9-11/h5,7-9,12H,3-4,6H2,1-2H3,(H,16,20)(H,18,19)/t12-/m0/s1. The Kier molecular flexibility index (Phi) is 5.96. The van der Waals surface area contributed by atoms with E-state index in [4.69, 9.17) is 5.11 Å². The molecule has 5 nitrogen and oxygen atoms in total. The lowest BCUT2D eigenvalue weighted by Gasteiger charge is -2.24. The molecule has 20 heavy (non-hydrogen) atoms. The number of nitrogens with zero attached hydrogens (tertiary/aromatic N) is 1. The average molecular weight is 282 g/mol. The number of anilines is 1. The fourth-order valence-electron chi connectivity index (χ4n) is 1.86. The lowest BCUT2D eigenvalue weighted by atomic mass is 10.2. The number of aliphatic carboxylic acids is 1. The molecule has 0 bridgehead atoms. The molecule has 0 aromatic heterocycles. The minimum absolute atomic E-state index is 0.313. The number of carboxylic acids is 1. The fourth-order valence-corrected chi connectivity index (χ4v) is 1.86. The molecular formula is C14H19FN2O3. The number of halogens is 1. The predicted molar refractivity (Wildman–Crippen MR) is 74.3 cm³/mol. The van der Waals surface area contributed by atoms with E-state index in [1.807, 2.05) is 6.92 Å². The molecule has 0 aliphatic rings. The Morgan fingerprint density at radius 1 is 1.40 bits per heavy atom. The monoisotopic (exact) mass is 282 g/mol. The molecule has 2 N–H and O–H groups in total. The molecule has 0 aliphatic carbocycles. The van der Waals surface area contributed by atoms with E-state index in [-0.39, 0.29) is 0 Å². The first kappa shape index (κ1) is 15.9. The van der Waals surface area contributed by atoms with Crippen LogP contribution in [0.4, 0.5) is 14.9 Å². The summed E-state index contributed by atoms with van der Waals surface area (Å²) in [5.41, 5.74) is 0.394. The van der Waals surface area contributed by atoms with Crippen molar-refractivity contribution in [1.82, 2.24) is 5.32 Å². The Labute approximate surface area is 117 Å². The summed E-state index contributed by atoms with van der Waals surface area (Å²) in [7, 11) is 0. The number of urea groups is 1. The SMILES string of the molecule is CCC[C@H](NC(=O)N(CC)c1cccc(F)c1)C(=O)O. The first-order valence-electron chi connectivity index (χ1n) is 6.56. The second-order valence-electron chi connectivity index (χ2n) is 4.35. The van der Waals surface area contributed by atoms with E-state index < -0.39 is 23.9 Å². The van der Waals surface area contributed by atoms with E-state index in [0.717, 1.165) is 0 Å². The second-order valence-corrected chi connectivity index (χ2v) is 4.35. The van der Waals surface area contributed by atoms with Gasteiger partial charge in [0, 0.05) is 12.2 Å². The average Bonchev–Trinajstić information content (AvgIpc) is 2.39. The maximum absolute atomic E-state index is 13.2. The molecule has 1 rings (SSSR count). The maximum Gasteiger partial charge on any atom is 0.326 e. The highest BCUT2D eigenvalue weighted by atomic mass is 19.1. The number of amides is 2.